The van der Waals surface area contributed by atoms with Gasteiger partial charge >= 0.3 is 0 Å². The highest BCUT2D eigenvalue weighted by atomic mass is 19.1. The van der Waals surface area contributed by atoms with Gasteiger partial charge in [-0.15, -0.1) is 0 Å². The molecule has 6 heteroatoms. The normalized spacial score (nSPS) is 11.9. The molecular weight excluding hydrogens is 307 g/mol. The number of rotatable bonds is 5. The first-order valence-corrected chi connectivity index (χ1v) is 7.58. The zero-order chi connectivity index (χ0) is 16.9. The molecule has 0 atom stereocenters. The van der Waals surface area contributed by atoms with Crippen molar-refractivity contribution < 1.29 is 8.91 Å². The molecule has 3 aromatic rings. The molecule has 2 aromatic carbocycles. The minimum Gasteiger partial charge on any atom is -0.393 e. The number of hydrogen-bond donors (Lipinski definition) is 2. The van der Waals surface area contributed by atoms with Gasteiger partial charge < -0.3 is 15.6 Å². The van der Waals surface area contributed by atoms with Gasteiger partial charge in [0.1, 0.15) is 11.5 Å². The van der Waals surface area contributed by atoms with Crippen molar-refractivity contribution >= 4 is 11.4 Å². The molecular formula is C18H17FN4O. The molecule has 5 nitrogen and oxygen atoms in total. The van der Waals surface area contributed by atoms with Crippen LogP contribution in [0.25, 0.3) is 17.1 Å². The lowest BCUT2D eigenvalue weighted by atomic mass is 10.2. The number of benzene rings is 2. The predicted octanol–water partition coefficient (Wildman–Crippen LogP) is 4.03. The number of allylic oxidation sites excluding steroid dienone is 1. The van der Waals surface area contributed by atoms with E-state index >= 15 is 0 Å². The summed E-state index contributed by atoms with van der Waals surface area (Å²) < 4.78 is 19.1. The lowest BCUT2D eigenvalue weighted by molar-refractivity contribution is 0.407. The van der Waals surface area contributed by atoms with Crippen LogP contribution >= 0.6 is 0 Å². The van der Waals surface area contributed by atoms with Gasteiger partial charge in [-0.3, -0.25) is 0 Å². The van der Waals surface area contributed by atoms with Gasteiger partial charge in [-0.2, -0.15) is 4.98 Å². The van der Waals surface area contributed by atoms with E-state index in [9.17, 15) is 4.39 Å². The third kappa shape index (κ3) is 3.27. The maximum atomic E-state index is 13.8. The van der Waals surface area contributed by atoms with Crippen LogP contribution in [0, 0.1) is 5.82 Å². The molecule has 0 aliphatic carbocycles. The molecule has 24 heavy (non-hydrogen) atoms. The van der Waals surface area contributed by atoms with Crippen molar-refractivity contribution in [2.75, 3.05) is 5.32 Å². The summed E-state index contributed by atoms with van der Waals surface area (Å²) in [6.45, 7) is 1.91. The molecule has 3 rings (SSSR count). The summed E-state index contributed by atoms with van der Waals surface area (Å²) in [6.07, 6.45) is 0.559. The minimum atomic E-state index is -0.355. The predicted molar refractivity (Wildman–Crippen MR) is 91.2 cm³/mol. The van der Waals surface area contributed by atoms with E-state index in [4.69, 9.17) is 10.3 Å². The number of nitrogens with two attached hydrogens (primary N) is 1. The van der Waals surface area contributed by atoms with Crippen LogP contribution in [0.5, 0.6) is 0 Å². The number of hydrogen-bond acceptors (Lipinski definition) is 5. The summed E-state index contributed by atoms with van der Waals surface area (Å²) in [5, 5.41) is 6.94. The van der Waals surface area contributed by atoms with E-state index < -0.39 is 0 Å². The molecule has 0 spiro atoms. The van der Waals surface area contributed by atoms with Crippen molar-refractivity contribution in [1.29, 1.82) is 0 Å². The molecule has 1 aromatic heterocycles. The molecule has 0 saturated heterocycles. The van der Waals surface area contributed by atoms with Crippen LogP contribution in [0.3, 0.4) is 0 Å². The van der Waals surface area contributed by atoms with E-state index in [1.807, 2.05) is 37.3 Å². The largest absolute Gasteiger partial charge is 0.393 e. The van der Waals surface area contributed by atoms with Crippen molar-refractivity contribution in [1.82, 2.24) is 10.1 Å². The molecule has 1 heterocycles. The lowest BCUT2D eigenvalue weighted by Crippen LogP contribution is -2.09. The van der Waals surface area contributed by atoms with Crippen LogP contribution in [0.1, 0.15) is 19.2 Å². The van der Waals surface area contributed by atoms with E-state index in [-0.39, 0.29) is 11.7 Å². The second-order valence-corrected chi connectivity index (χ2v) is 5.14. The molecule has 3 N–H and O–H groups in total. The Hall–Kier alpha value is -3.15. The van der Waals surface area contributed by atoms with E-state index in [0.29, 0.717) is 29.3 Å². The van der Waals surface area contributed by atoms with Crippen molar-refractivity contribution in [3.63, 3.8) is 0 Å². The maximum absolute atomic E-state index is 13.8. The number of aromatic nitrogens is 2. The summed E-state index contributed by atoms with van der Waals surface area (Å²) in [7, 11) is 0. The van der Waals surface area contributed by atoms with Crippen molar-refractivity contribution in [2.24, 2.45) is 5.73 Å². The molecule has 0 fully saturated rings. The lowest BCUT2D eigenvalue weighted by Gasteiger charge is -2.11. The highest BCUT2D eigenvalue weighted by molar-refractivity contribution is 5.66. The van der Waals surface area contributed by atoms with Crippen LogP contribution in [-0.4, -0.2) is 10.1 Å². The maximum Gasteiger partial charge on any atom is 0.275 e. The number of nitrogens with zero attached hydrogens (tertiary/aromatic N) is 2. The Bertz CT molecular complexity index is 858. The first-order valence-electron chi connectivity index (χ1n) is 7.58. The standard InChI is InChI=1S/C18H17FN4O/c1-2-14(21-15-11-7-6-10-13(15)19)16(20)18-22-17(23-24-18)12-8-4-3-5-9-12/h3-11,21H,2,20H2,1H3/b16-14-. The molecule has 0 aliphatic rings. The Morgan fingerprint density at radius 2 is 1.83 bits per heavy atom. The van der Waals surface area contributed by atoms with Crippen LogP contribution in [0.4, 0.5) is 10.1 Å². The van der Waals surface area contributed by atoms with Gasteiger partial charge in [-0.05, 0) is 18.6 Å². The van der Waals surface area contributed by atoms with Gasteiger partial charge in [0.05, 0.1) is 5.69 Å². The molecule has 0 radical (unpaired) electrons. The van der Waals surface area contributed by atoms with Crippen LogP contribution in [0.15, 0.2) is 64.8 Å². The van der Waals surface area contributed by atoms with Crippen LogP contribution in [0.2, 0.25) is 0 Å². The number of para-hydroxylation sites is 1. The smallest absolute Gasteiger partial charge is 0.275 e. The Balaban J connectivity index is 1.90. The summed E-state index contributed by atoms with van der Waals surface area (Å²) in [4.78, 5) is 4.32. The van der Waals surface area contributed by atoms with Crippen LogP contribution in [-0.2, 0) is 0 Å². The first kappa shape index (κ1) is 15.7. The summed E-state index contributed by atoms with van der Waals surface area (Å²) in [5.74, 6) is 0.302. The minimum absolute atomic E-state index is 0.203. The summed E-state index contributed by atoms with van der Waals surface area (Å²) >= 11 is 0. The topological polar surface area (TPSA) is 77.0 Å². The van der Waals surface area contributed by atoms with Gasteiger partial charge in [0, 0.05) is 11.3 Å². The first-order chi connectivity index (χ1) is 11.7. The Morgan fingerprint density at radius 1 is 1.12 bits per heavy atom. The second-order valence-electron chi connectivity index (χ2n) is 5.14. The SMILES string of the molecule is CC/C(Nc1ccccc1F)=C(/N)c1nc(-c2ccccc2)no1. The fourth-order valence-electron chi connectivity index (χ4n) is 2.24. The molecule has 0 amide bonds. The second kappa shape index (κ2) is 6.95. The molecule has 0 bridgehead atoms. The summed E-state index contributed by atoms with van der Waals surface area (Å²) in [6, 6.07) is 15.8. The molecule has 0 unspecified atom stereocenters. The quantitative estimate of drug-likeness (QED) is 0.741. The van der Waals surface area contributed by atoms with Crippen molar-refractivity contribution in [3.8, 4) is 11.4 Å². The van der Waals surface area contributed by atoms with E-state index in [0.717, 1.165) is 5.56 Å². The molecule has 0 saturated carbocycles. The zero-order valence-electron chi connectivity index (χ0n) is 13.2. The van der Waals surface area contributed by atoms with E-state index in [1.165, 1.54) is 6.07 Å². The monoisotopic (exact) mass is 324 g/mol. The third-order valence-corrected chi connectivity index (χ3v) is 3.53. The fraction of sp³-hybridized carbons (Fsp3) is 0.111. The number of halogens is 1. The molecule has 0 aliphatic heterocycles. The zero-order valence-corrected chi connectivity index (χ0v) is 13.2. The summed E-state index contributed by atoms with van der Waals surface area (Å²) in [5.41, 5.74) is 8.23. The number of anilines is 1. The average molecular weight is 324 g/mol. The third-order valence-electron chi connectivity index (χ3n) is 3.53. The van der Waals surface area contributed by atoms with Gasteiger partial charge in [-0.25, -0.2) is 4.39 Å². The van der Waals surface area contributed by atoms with Gasteiger partial charge in [0.2, 0.25) is 5.82 Å². The highest BCUT2D eigenvalue weighted by Gasteiger charge is 2.15. The van der Waals surface area contributed by atoms with E-state index in [2.05, 4.69) is 15.5 Å². The highest BCUT2D eigenvalue weighted by Crippen LogP contribution is 2.22. The van der Waals surface area contributed by atoms with Gasteiger partial charge in [0.25, 0.3) is 5.89 Å². The molecule has 122 valence electrons. The van der Waals surface area contributed by atoms with Gasteiger partial charge in [-0.1, -0.05) is 54.5 Å². The van der Waals surface area contributed by atoms with Crippen molar-refractivity contribution in [3.05, 3.63) is 72.0 Å². The van der Waals surface area contributed by atoms with Crippen LogP contribution < -0.4 is 11.1 Å². The Labute approximate surface area is 139 Å². The van der Waals surface area contributed by atoms with Crippen molar-refractivity contribution in [2.45, 2.75) is 13.3 Å². The average Bonchev–Trinajstić information content (AvgIpc) is 3.11. The number of nitrogens with one attached hydrogen (secondary N) is 1. The Morgan fingerprint density at radius 3 is 2.54 bits per heavy atom. The van der Waals surface area contributed by atoms with Gasteiger partial charge in [0.15, 0.2) is 0 Å². The Kier molecular flexibility index (Phi) is 4.56. The van der Waals surface area contributed by atoms with E-state index in [1.54, 1.807) is 18.2 Å². The fourth-order valence-corrected chi connectivity index (χ4v) is 2.24.